The van der Waals surface area contributed by atoms with E-state index in [2.05, 4.69) is 16.0 Å². The highest BCUT2D eigenvalue weighted by molar-refractivity contribution is 5.93. The van der Waals surface area contributed by atoms with Crippen LogP contribution in [0.15, 0.2) is 41.6 Å². The number of nitrogens with one attached hydrogen (secondary N) is 3. The third-order valence-electron chi connectivity index (χ3n) is 5.08. The van der Waals surface area contributed by atoms with E-state index in [0.717, 1.165) is 0 Å². The van der Waals surface area contributed by atoms with Crippen molar-refractivity contribution in [3.05, 3.63) is 41.6 Å². The third kappa shape index (κ3) is 5.97. The Kier molecular flexibility index (Phi) is 7.47. The molecule has 0 spiro atoms. The molecule has 3 N–H and O–H groups in total. The van der Waals surface area contributed by atoms with Crippen molar-refractivity contribution >= 4 is 29.7 Å². The first kappa shape index (κ1) is 22.1. The van der Waals surface area contributed by atoms with Gasteiger partial charge in [0.25, 0.3) is 0 Å². The lowest BCUT2D eigenvalue weighted by atomic mass is 9.97. The zero-order valence-corrected chi connectivity index (χ0v) is 17.3. The molecule has 2 aliphatic rings. The average molecular weight is 430 g/mol. The van der Waals surface area contributed by atoms with E-state index in [1.165, 1.54) is 0 Å². The van der Waals surface area contributed by atoms with Crippen LogP contribution in [-0.2, 0) is 19.1 Å². The molecule has 0 aliphatic carbocycles. The molecule has 0 atom stereocenters. The van der Waals surface area contributed by atoms with Gasteiger partial charge in [-0.2, -0.15) is 0 Å². The van der Waals surface area contributed by atoms with Crippen molar-refractivity contribution in [1.29, 1.82) is 0 Å². The first-order valence-corrected chi connectivity index (χ1v) is 10.2. The van der Waals surface area contributed by atoms with E-state index in [9.17, 15) is 19.2 Å². The van der Waals surface area contributed by atoms with E-state index in [-0.39, 0.29) is 43.0 Å². The number of likely N-dealkylation sites (tertiary alicyclic amines) is 1. The number of piperidine rings is 1. The Hall–Kier alpha value is -3.56. The van der Waals surface area contributed by atoms with Gasteiger partial charge in [0.1, 0.15) is 6.61 Å². The second kappa shape index (κ2) is 10.5. The fraction of sp³-hybridized carbons (Fsp3) is 0.429. The van der Waals surface area contributed by atoms with Crippen molar-refractivity contribution < 1.29 is 28.7 Å². The summed E-state index contributed by atoms with van der Waals surface area (Å²) in [7, 11) is 0. The number of benzene rings is 1. The van der Waals surface area contributed by atoms with Gasteiger partial charge in [-0.15, -0.1) is 0 Å². The molecule has 166 valence electrons. The number of carbonyl (C=O) groups excluding carboxylic acids is 4. The second-order valence-corrected chi connectivity index (χ2v) is 7.15. The number of hydrogen-bond acceptors (Lipinski definition) is 6. The van der Waals surface area contributed by atoms with Gasteiger partial charge in [-0.1, -0.05) is 18.2 Å². The molecule has 10 heteroatoms. The Morgan fingerprint density at radius 1 is 1.13 bits per heavy atom. The number of urea groups is 2. The zero-order valence-electron chi connectivity index (χ0n) is 17.3. The number of esters is 2. The van der Waals surface area contributed by atoms with Crippen LogP contribution in [0, 0.1) is 5.92 Å². The molecule has 10 nitrogen and oxygen atoms in total. The van der Waals surface area contributed by atoms with Crippen molar-refractivity contribution in [3.8, 4) is 0 Å². The molecule has 0 bridgehead atoms. The maximum absolute atomic E-state index is 12.5. The van der Waals surface area contributed by atoms with E-state index in [1.807, 2.05) is 18.2 Å². The van der Waals surface area contributed by atoms with Crippen LogP contribution in [0.5, 0.6) is 0 Å². The lowest BCUT2D eigenvalue weighted by Gasteiger charge is -2.31. The summed E-state index contributed by atoms with van der Waals surface area (Å²) in [4.78, 5) is 50.1. The number of carbonyl (C=O) groups is 4. The Bertz CT molecular complexity index is 862. The molecule has 2 heterocycles. The van der Waals surface area contributed by atoms with Gasteiger partial charge in [0.15, 0.2) is 0 Å². The largest absolute Gasteiger partial charge is 0.463 e. The van der Waals surface area contributed by atoms with E-state index < -0.39 is 18.0 Å². The molecule has 4 amide bonds. The molecule has 0 aromatic heterocycles. The fourth-order valence-corrected chi connectivity index (χ4v) is 3.37. The van der Waals surface area contributed by atoms with Crippen LogP contribution in [0.25, 0.3) is 0 Å². The van der Waals surface area contributed by atoms with Crippen LogP contribution in [0.3, 0.4) is 0 Å². The Morgan fingerprint density at radius 2 is 1.84 bits per heavy atom. The van der Waals surface area contributed by atoms with Gasteiger partial charge in [-0.25, -0.2) is 14.4 Å². The quantitative estimate of drug-likeness (QED) is 0.589. The van der Waals surface area contributed by atoms with Crippen LogP contribution < -0.4 is 16.0 Å². The molecule has 2 aliphatic heterocycles. The predicted octanol–water partition coefficient (Wildman–Crippen LogP) is 1.60. The number of ether oxygens (including phenoxy) is 2. The van der Waals surface area contributed by atoms with Gasteiger partial charge in [-0.3, -0.25) is 4.79 Å². The smallest absolute Gasteiger partial charge is 0.337 e. The van der Waals surface area contributed by atoms with Crippen molar-refractivity contribution in [2.24, 2.45) is 5.92 Å². The molecular weight excluding hydrogens is 404 g/mol. The van der Waals surface area contributed by atoms with Gasteiger partial charge >= 0.3 is 24.0 Å². The molecule has 1 aromatic rings. The predicted molar refractivity (Wildman–Crippen MR) is 111 cm³/mol. The number of amides is 4. The minimum absolute atomic E-state index is 0.00641. The summed E-state index contributed by atoms with van der Waals surface area (Å²) >= 11 is 0. The number of anilines is 1. The highest BCUT2D eigenvalue weighted by Crippen LogP contribution is 2.20. The second-order valence-electron chi connectivity index (χ2n) is 7.15. The monoisotopic (exact) mass is 430 g/mol. The van der Waals surface area contributed by atoms with Crippen molar-refractivity contribution in [1.82, 2.24) is 15.5 Å². The van der Waals surface area contributed by atoms with Crippen molar-refractivity contribution in [3.63, 3.8) is 0 Å². The number of rotatable bonds is 6. The van der Waals surface area contributed by atoms with Crippen LogP contribution >= 0.6 is 0 Å². The van der Waals surface area contributed by atoms with Crippen molar-refractivity contribution in [2.45, 2.75) is 19.8 Å². The summed E-state index contributed by atoms with van der Waals surface area (Å²) in [6.45, 7) is 2.51. The van der Waals surface area contributed by atoms with Crippen LogP contribution in [0.4, 0.5) is 15.3 Å². The molecule has 1 fully saturated rings. The highest BCUT2D eigenvalue weighted by atomic mass is 16.5. The minimum Gasteiger partial charge on any atom is -0.463 e. The van der Waals surface area contributed by atoms with E-state index in [1.54, 1.807) is 24.0 Å². The summed E-state index contributed by atoms with van der Waals surface area (Å²) in [5.74, 6) is -1.35. The maximum atomic E-state index is 12.5. The van der Waals surface area contributed by atoms with Crippen LogP contribution in [0.1, 0.15) is 19.8 Å². The molecule has 31 heavy (non-hydrogen) atoms. The summed E-state index contributed by atoms with van der Waals surface area (Å²) in [5.41, 5.74) is 1.15. The van der Waals surface area contributed by atoms with Gasteiger partial charge < -0.3 is 30.3 Å². The van der Waals surface area contributed by atoms with Gasteiger partial charge in [0.2, 0.25) is 0 Å². The molecule has 0 saturated carbocycles. The van der Waals surface area contributed by atoms with E-state index in [0.29, 0.717) is 31.6 Å². The van der Waals surface area contributed by atoms with E-state index >= 15 is 0 Å². The highest BCUT2D eigenvalue weighted by Gasteiger charge is 2.30. The maximum Gasteiger partial charge on any atom is 0.337 e. The number of nitrogens with zero attached hydrogens (tertiary/aromatic N) is 1. The topological polar surface area (TPSA) is 126 Å². The number of para-hydroxylation sites is 1. The molecule has 3 rings (SSSR count). The zero-order chi connectivity index (χ0) is 22.2. The summed E-state index contributed by atoms with van der Waals surface area (Å²) < 4.78 is 10.3. The van der Waals surface area contributed by atoms with Gasteiger partial charge in [-0.05, 0) is 31.9 Å². The lowest BCUT2D eigenvalue weighted by molar-refractivity contribution is -0.149. The Balaban J connectivity index is 1.49. The molecule has 1 saturated heterocycles. The summed E-state index contributed by atoms with van der Waals surface area (Å²) in [6.07, 6.45) is 0.942. The SMILES string of the molecule is CCOC(=O)C1=C(COC(=O)C2CCN(C(=O)Nc3ccccc3)CC2)NC(=O)NC1. The Labute approximate surface area is 179 Å². The first-order valence-electron chi connectivity index (χ1n) is 10.2. The standard InChI is InChI=1S/C21H26N4O6/c1-2-30-19(27)16-12-22-20(28)24-17(16)13-31-18(26)14-8-10-25(11-9-14)21(29)23-15-6-4-3-5-7-15/h3-7,14H,2,8-13H2,1H3,(H,23,29)(H2,22,24,28). The van der Waals surface area contributed by atoms with Crippen LogP contribution in [-0.4, -0.2) is 61.7 Å². The average Bonchev–Trinajstić information content (AvgIpc) is 2.78. The Morgan fingerprint density at radius 3 is 2.52 bits per heavy atom. The fourth-order valence-electron chi connectivity index (χ4n) is 3.37. The van der Waals surface area contributed by atoms with Gasteiger partial charge in [0.05, 0.1) is 30.3 Å². The first-order chi connectivity index (χ1) is 15.0. The normalized spacial score (nSPS) is 16.8. The third-order valence-corrected chi connectivity index (χ3v) is 5.08. The molecule has 0 radical (unpaired) electrons. The minimum atomic E-state index is -0.571. The van der Waals surface area contributed by atoms with E-state index in [4.69, 9.17) is 9.47 Å². The van der Waals surface area contributed by atoms with Crippen molar-refractivity contribution in [2.75, 3.05) is 38.2 Å². The summed E-state index contributed by atoms with van der Waals surface area (Å²) in [5, 5.41) is 7.82. The lowest BCUT2D eigenvalue weighted by Crippen LogP contribution is -2.45. The summed E-state index contributed by atoms with van der Waals surface area (Å²) in [6, 6.07) is 8.48. The number of hydrogen-bond donors (Lipinski definition) is 3. The molecule has 1 aromatic carbocycles. The van der Waals surface area contributed by atoms with Crippen LogP contribution in [0.2, 0.25) is 0 Å². The molecule has 0 unspecified atom stereocenters. The van der Waals surface area contributed by atoms with Gasteiger partial charge in [0, 0.05) is 18.8 Å². The molecular formula is C21H26N4O6.